The Kier molecular flexibility index (Phi) is 3.72. The molecule has 0 fully saturated rings. The van der Waals surface area contributed by atoms with Gasteiger partial charge >= 0.3 is 0 Å². The predicted octanol–water partition coefficient (Wildman–Crippen LogP) is -0.296. The molecule has 98 valence electrons. The Bertz CT molecular complexity index is 623. The third-order valence-electron chi connectivity index (χ3n) is 2.34. The molecule has 2 aromatic rings. The molecule has 9 heteroatoms. The van der Waals surface area contributed by atoms with Crippen LogP contribution < -0.4 is 10.0 Å². The van der Waals surface area contributed by atoms with Gasteiger partial charge in [-0.2, -0.15) is 0 Å². The van der Waals surface area contributed by atoms with E-state index in [2.05, 4.69) is 30.0 Å². The largest absolute Gasteiger partial charge is 0.367 e. The van der Waals surface area contributed by atoms with E-state index in [0.717, 1.165) is 0 Å². The number of imidazole rings is 1. The molecule has 0 bridgehead atoms. The van der Waals surface area contributed by atoms with E-state index in [1.807, 2.05) is 0 Å². The lowest BCUT2D eigenvalue weighted by Crippen LogP contribution is -2.30. The van der Waals surface area contributed by atoms with Gasteiger partial charge in [0.1, 0.15) is 11.8 Å². The molecule has 0 radical (unpaired) electrons. The van der Waals surface area contributed by atoms with Crippen molar-refractivity contribution in [3.8, 4) is 0 Å². The van der Waals surface area contributed by atoms with Crippen LogP contribution >= 0.6 is 0 Å². The number of hydrogen-bond acceptors (Lipinski definition) is 6. The van der Waals surface area contributed by atoms with Crippen LogP contribution in [0.15, 0.2) is 12.7 Å². The summed E-state index contributed by atoms with van der Waals surface area (Å²) in [6, 6.07) is 0. The van der Waals surface area contributed by atoms with Gasteiger partial charge in [0.2, 0.25) is 10.0 Å². The van der Waals surface area contributed by atoms with Crippen LogP contribution in [0.4, 0.5) is 5.82 Å². The van der Waals surface area contributed by atoms with Gasteiger partial charge in [-0.05, 0) is 6.92 Å². The molecule has 0 atom stereocenters. The van der Waals surface area contributed by atoms with Gasteiger partial charge in [0.15, 0.2) is 11.5 Å². The van der Waals surface area contributed by atoms with E-state index in [1.165, 1.54) is 12.7 Å². The second-order valence-corrected chi connectivity index (χ2v) is 5.64. The number of nitrogens with one attached hydrogen (secondary N) is 3. The van der Waals surface area contributed by atoms with Crippen LogP contribution in [0.5, 0.6) is 0 Å². The van der Waals surface area contributed by atoms with Crippen LogP contribution in [-0.4, -0.2) is 47.2 Å². The summed E-state index contributed by atoms with van der Waals surface area (Å²) in [5.41, 5.74) is 1.28. The molecular formula is C9H14N6O2S. The number of anilines is 1. The number of fused-ring (bicyclic) bond motifs is 1. The maximum Gasteiger partial charge on any atom is 0.211 e. The molecule has 3 N–H and O–H groups in total. The van der Waals surface area contributed by atoms with Gasteiger partial charge in [0.05, 0.1) is 12.1 Å². The minimum absolute atomic E-state index is 0.0747. The lowest BCUT2D eigenvalue weighted by atomic mass is 10.5. The van der Waals surface area contributed by atoms with Gasteiger partial charge in [-0.25, -0.2) is 28.1 Å². The molecule has 0 unspecified atom stereocenters. The van der Waals surface area contributed by atoms with Crippen molar-refractivity contribution in [2.24, 2.45) is 0 Å². The first kappa shape index (κ1) is 12.7. The molecule has 2 rings (SSSR count). The fourth-order valence-electron chi connectivity index (χ4n) is 1.39. The summed E-state index contributed by atoms with van der Waals surface area (Å²) in [4.78, 5) is 15.0. The van der Waals surface area contributed by atoms with Crippen molar-refractivity contribution in [2.75, 3.05) is 24.2 Å². The van der Waals surface area contributed by atoms with E-state index in [-0.39, 0.29) is 5.75 Å². The molecule has 0 aliphatic rings. The highest BCUT2D eigenvalue weighted by Crippen LogP contribution is 2.13. The molecule has 0 saturated carbocycles. The summed E-state index contributed by atoms with van der Waals surface area (Å²) in [6.45, 7) is 2.33. The highest BCUT2D eigenvalue weighted by Gasteiger charge is 2.07. The Hall–Kier alpha value is -1.74. The molecule has 0 saturated heterocycles. The lowest BCUT2D eigenvalue weighted by molar-refractivity contribution is 0.584. The third-order valence-corrected chi connectivity index (χ3v) is 3.75. The van der Waals surface area contributed by atoms with Gasteiger partial charge < -0.3 is 10.3 Å². The van der Waals surface area contributed by atoms with Crippen molar-refractivity contribution in [3.05, 3.63) is 12.7 Å². The number of sulfonamides is 1. The van der Waals surface area contributed by atoms with Gasteiger partial charge in [0, 0.05) is 13.1 Å². The fraction of sp³-hybridized carbons (Fsp3) is 0.444. The standard InChI is InChI=1S/C9H14N6O2S/c1-2-18(16,17)15-4-3-10-8-7-9(12-5-11-7)14-6-13-8/h5-6,15H,2-4H2,1H3,(H2,10,11,12,13,14). The molecule has 0 aliphatic heterocycles. The first-order valence-electron chi connectivity index (χ1n) is 5.47. The normalized spacial score (nSPS) is 11.8. The Morgan fingerprint density at radius 3 is 2.89 bits per heavy atom. The second-order valence-electron chi connectivity index (χ2n) is 3.55. The molecule has 0 spiro atoms. The van der Waals surface area contributed by atoms with E-state index in [1.54, 1.807) is 6.92 Å². The molecule has 18 heavy (non-hydrogen) atoms. The average Bonchev–Trinajstić information content (AvgIpc) is 2.83. The fourth-order valence-corrected chi connectivity index (χ4v) is 2.01. The van der Waals surface area contributed by atoms with E-state index in [4.69, 9.17) is 0 Å². The van der Waals surface area contributed by atoms with Gasteiger partial charge in [-0.1, -0.05) is 0 Å². The highest BCUT2D eigenvalue weighted by molar-refractivity contribution is 7.89. The van der Waals surface area contributed by atoms with Crippen molar-refractivity contribution < 1.29 is 8.42 Å². The van der Waals surface area contributed by atoms with Crippen LogP contribution in [-0.2, 0) is 10.0 Å². The monoisotopic (exact) mass is 270 g/mol. The van der Waals surface area contributed by atoms with E-state index in [0.29, 0.717) is 30.1 Å². The summed E-state index contributed by atoms with van der Waals surface area (Å²) < 4.78 is 24.9. The molecule has 0 aliphatic carbocycles. The van der Waals surface area contributed by atoms with Crippen LogP contribution in [0.25, 0.3) is 11.2 Å². The first-order chi connectivity index (χ1) is 8.62. The van der Waals surface area contributed by atoms with Crippen LogP contribution in [0.3, 0.4) is 0 Å². The van der Waals surface area contributed by atoms with Crippen molar-refractivity contribution in [3.63, 3.8) is 0 Å². The van der Waals surface area contributed by atoms with Crippen molar-refractivity contribution >= 4 is 27.0 Å². The smallest absolute Gasteiger partial charge is 0.211 e. The Morgan fingerprint density at radius 1 is 1.28 bits per heavy atom. The summed E-state index contributed by atoms with van der Waals surface area (Å²) in [5, 5.41) is 3.02. The maximum absolute atomic E-state index is 11.2. The molecule has 2 aromatic heterocycles. The molecule has 0 amide bonds. The van der Waals surface area contributed by atoms with Crippen LogP contribution in [0, 0.1) is 0 Å². The number of aromatic nitrogens is 4. The first-order valence-corrected chi connectivity index (χ1v) is 7.13. The minimum Gasteiger partial charge on any atom is -0.367 e. The third kappa shape index (κ3) is 2.93. The zero-order valence-corrected chi connectivity index (χ0v) is 10.7. The van der Waals surface area contributed by atoms with Crippen LogP contribution in [0.2, 0.25) is 0 Å². The van der Waals surface area contributed by atoms with E-state index < -0.39 is 10.0 Å². The SMILES string of the molecule is CCS(=O)(=O)NCCNc1ncnc2nc[nH]c12. The van der Waals surface area contributed by atoms with Gasteiger partial charge in [-0.3, -0.25) is 0 Å². The Labute approximate surface area is 104 Å². The average molecular weight is 270 g/mol. The quantitative estimate of drug-likeness (QED) is 0.621. The topological polar surface area (TPSA) is 113 Å². The Morgan fingerprint density at radius 2 is 2.11 bits per heavy atom. The second kappa shape index (κ2) is 5.27. The Balaban J connectivity index is 1.93. The molecule has 8 nitrogen and oxygen atoms in total. The highest BCUT2D eigenvalue weighted by atomic mass is 32.2. The molecule has 0 aromatic carbocycles. The number of rotatable bonds is 6. The predicted molar refractivity (Wildman–Crippen MR) is 67.6 cm³/mol. The zero-order valence-electron chi connectivity index (χ0n) is 9.84. The minimum atomic E-state index is -3.15. The van der Waals surface area contributed by atoms with E-state index in [9.17, 15) is 8.42 Å². The number of aromatic amines is 1. The summed E-state index contributed by atoms with van der Waals surface area (Å²) >= 11 is 0. The zero-order chi connectivity index (χ0) is 13.0. The lowest BCUT2D eigenvalue weighted by Gasteiger charge is -2.07. The summed E-state index contributed by atoms with van der Waals surface area (Å²) in [5.74, 6) is 0.680. The van der Waals surface area contributed by atoms with Crippen molar-refractivity contribution in [1.29, 1.82) is 0 Å². The number of hydrogen-bond donors (Lipinski definition) is 3. The van der Waals surface area contributed by atoms with Gasteiger partial charge in [-0.15, -0.1) is 0 Å². The molecule has 2 heterocycles. The summed E-state index contributed by atoms with van der Waals surface area (Å²) in [6.07, 6.45) is 2.94. The number of nitrogens with zero attached hydrogens (tertiary/aromatic N) is 3. The van der Waals surface area contributed by atoms with E-state index >= 15 is 0 Å². The van der Waals surface area contributed by atoms with Crippen molar-refractivity contribution in [2.45, 2.75) is 6.92 Å². The maximum atomic E-state index is 11.2. The van der Waals surface area contributed by atoms with Gasteiger partial charge in [0.25, 0.3) is 0 Å². The summed E-state index contributed by atoms with van der Waals surface area (Å²) in [7, 11) is -3.15. The van der Waals surface area contributed by atoms with Crippen molar-refractivity contribution in [1.82, 2.24) is 24.7 Å². The molecular weight excluding hydrogens is 256 g/mol. The van der Waals surface area contributed by atoms with Crippen LogP contribution in [0.1, 0.15) is 6.92 Å². The number of H-pyrrole nitrogens is 1.